The maximum absolute atomic E-state index is 10.5. The zero-order valence-corrected chi connectivity index (χ0v) is 8.62. The van der Waals surface area contributed by atoms with Gasteiger partial charge in [-0.3, -0.25) is 9.59 Å². The van der Waals surface area contributed by atoms with Gasteiger partial charge in [0.1, 0.15) is 0 Å². The van der Waals surface area contributed by atoms with Crippen molar-refractivity contribution in [1.29, 1.82) is 0 Å². The number of ether oxygens (including phenoxy) is 2. The van der Waals surface area contributed by atoms with Gasteiger partial charge in [0.2, 0.25) is 0 Å². The molecule has 0 fully saturated rings. The first-order chi connectivity index (χ1) is 6.56. The van der Waals surface area contributed by atoms with Gasteiger partial charge in [-0.1, -0.05) is 12.7 Å². The molecular weight excluding hydrogens is 183 g/mol. The molecule has 0 unspecified atom stereocenters. The van der Waals surface area contributed by atoms with Crippen LogP contribution in [-0.4, -0.2) is 33.0 Å². The zero-order chi connectivity index (χ0) is 11.0. The maximum atomic E-state index is 10.5. The Hall–Kier alpha value is -0.995. The molecule has 0 aromatic heterocycles. The van der Waals surface area contributed by atoms with Crippen LogP contribution in [0.25, 0.3) is 0 Å². The lowest BCUT2D eigenvalue weighted by molar-refractivity contribution is -0.146. The predicted octanol–water partition coefficient (Wildman–Crippen LogP) is 0.706. The quantitative estimate of drug-likeness (QED) is 0.465. The highest BCUT2D eigenvalue weighted by atomic mass is 16.5. The van der Waals surface area contributed by atoms with Crippen molar-refractivity contribution in [2.75, 3.05) is 13.2 Å². The van der Waals surface area contributed by atoms with Crippen molar-refractivity contribution in [3.05, 3.63) is 0 Å². The molecule has 0 atom stereocenters. The second kappa shape index (κ2) is 7.41. The smallest absolute Gasteiger partial charge is 0.302 e. The van der Waals surface area contributed by atoms with Crippen molar-refractivity contribution < 1.29 is 19.1 Å². The van der Waals surface area contributed by atoms with Crippen molar-refractivity contribution in [2.24, 2.45) is 5.92 Å². The summed E-state index contributed by atoms with van der Waals surface area (Å²) in [5.41, 5.74) is 0. The average molecular weight is 198 g/mol. The summed E-state index contributed by atoms with van der Waals surface area (Å²) in [6, 6.07) is 0. The van der Waals surface area contributed by atoms with Gasteiger partial charge in [-0.25, -0.2) is 0 Å². The Kier molecular flexibility index (Phi) is 6.89. The fraction of sp³-hybridized carbons (Fsp3) is 0.778. The van der Waals surface area contributed by atoms with E-state index in [0.29, 0.717) is 12.7 Å². The summed E-state index contributed by atoms with van der Waals surface area (Å²) in [5.74, 6) is -0.683. The Morgan fingerprint density at radius 3 is 1.86 bits per heavy atom. The highest BCUT2D eigenvalue weighted by molar-refractivity contribution is 6.08. The molecule has 78 valence electrons. The third kappa shape index (κ3) is 7.64. The normalized spacial score (nSPS) is 9.93. The predicted molar refractivity (Wildman–Crippen MR) is 51.9 cm³/mol. The Morgan fingerprint density at radius 1 is 1.14 bits per heavy atom. The lowest BCUT2D eigenvalue weighted by Gasteiger charge is -2.15. The molecule has 5 heteroatoms. The summed E-state index contributed by atoms with van der Waals surface area (Å²) in [4.78, 5) is 21.1. The van der Waals surface area contributed by atoms with E-state index in [1.54, 1.807) is 0 Å². The van der Waals surface area contributed by atoms with E-state index in [2.05, 4.69) is 0 Å². The minimum Gasteiger partial charge on any atom is -0.465 e. The number of rotatable bonds is 6. The SMILES string of the molecule is [B]CCC(COC(C)=O)COC(C)=O. The van der Waals surface area contributed by atoms with Crippen LogP contribution < -0.4 is 0 Å². The van der Waals surface area contributed by atoms with E-state index >= 15 is 0 Å². The number of hydrogen-bond donors (Lipinski definition) is 0. The van der Waals surface area contributed by atoms with Crippen LogP contribution in [-0.2, 0) is 19.1 Å². The summed E-state index contributed by atoms with van der Waals surface area (Å²) in [5, 5.41) is 0. The van der Waals surface area contributed by atoms with Gasteiger partial charge in [0.05, 0.1) is 21.1 Å². The van der Waals surface area contributed by atoms with Crippen LogP contribution in [0.1, 0.15) is 20.3 Å². The highest BCUT2D eigenvalue weighted by Gasteiger charge is 2.11. The highest BCUT2D eigenvalue weighted by Crippen LogP contribution is 2.07. The number of carbonyl (C=O) groups excluding carboxylic acids is 2. The fourth-order valence-electron chi connectivity index (χ4n) is 0.921. The van der Waals surface area contributed by atoms with Crippen molar-refractivity contribution in [1.82, 2.24) is 0 Å². The fourth-order valence-corrected chi connectivity index (χ4v) is 0.921. The van der Waals surface area contributed by atoms with Crippen LogP contribution in [0.5, 0.6) is 0 Å². The summed E-state index contributed by atoms with van der Waals surface area (Å²) in [7, 11) is 5.36. The number of carbonyl (C=O) groups is 2. The molecule has 4 nitrogen and oxygen atoms in total. The van der Waals surface area contributed by atoms with E-state index in [4.69, 9.17) is 17.3 Å². The van der Waals surface area contributed by atoms with Gasteiger partial charge in [-0.15, -0.1) is 0 Å². The third-order valence-corrected chi connectivity index (χ3v) is 1.62. The lowest BCUT2D eigenvalue weighted by atomic mass is 9.94. The molecule has 0 bridgehead atoms. The van der Waals surface area contributed by atoms with E-state index in [1.165, 1.54) is 13.8 Å². The molecule has 0 saturated heterocycles. The molecule has 0 aromatic carbocycles. The standard InChI is InChI=1S/C9H15BO4/c1-7(11)13-5-9(3-4-10)6-14-8(2)12/h9H,3-6H2,1-2H3. The van der Waals surface area contributed by atoms with Gasteiger partial charge in [-0.2, -0.15) is 0 Å². The van der Waals surface area contributed by atoms with E-state index in [1.807, 2.05) is 0 Å². The van der Waals surface area contributed by atoms with E-state index in [0.717, 1.165) is 0 Å². The third-order valence-electron chi connectivity index (χ3n) is 1.62. The van der Waals surface area contributed by atoms with Crippen LogP contribution >= 0.6 is 0 Å². The van der Waals surface area contributed by atoms with Crippen LogP contribution in [0, 0.1) is 5.92 Å². The minimum absolute atomic E-state index is 0.00667. The first-order valence-corrected chi connectivity index (χ1v) is 4.53. The Bertz CT molecular complexity index is 175. The Balaban J connectivity index is 3.76. The molecule has 0 aromatic rings. The van der Waals surface area contributed by atoms with Gasteiger partial charge in [0.25, 0.3) is 0 Å². The molecule has 2 radical (unpaired) electrons. The van der Waals surface area contributed by atoms with Crippen molar-refractivity contribution in [2.45, 2.75) is 26.6 Å². The van der Waals surface area contributed by atoms with Crippen LogP contribution in [0.15, 0.2) is 0 Å². The molecular formula is C9H15BO4. The molecule has 0 saturated carbocycles. The second-order valence-corrected chi connectivity index (χ2v) is 3.05. The molecule has 0 amide bonds. The average Bonchev–Trinajstić information content (AvgIpc) is 2.09. The van der Waals surface area contributed by atoms with Crippen molar-refractivity contribution in [3.63, 3.8) is 0 Å². The van der Waals surface area contributed by atoms with Gasteiger partial charge in [-0.05, 0) is 0 Å². The monoisotopic (exact) mass is 198 g/mol. The van der Waals surface area contributed by atoms with Crippen molar-refractivity contribution >= 4 is 19.8 Å². The molecule has 0 heterocycles. The van der Waals surface area contributed by atoms with Gasteiger partial charge in [0, 0.05) is 19.8 Å². The summed E-state index contributed by atoms with van der Waals surface area (Å²) in [6.45, 7) is 3.18. The first-order valence-electron chi connectivity index (χ1n) is 4.53. The first kappa shape index (κ1) is 13.0. The van der Waals surface area contributed by atoms with Gasteiger partial charge >= 0.3 is 11.9 Å². The summed E-state index contributed by atoms with van der Waals surface area (Å²) in [6.07, 6.45) is 1.15. The van der Waals surface area contributed by atoms with Gasteiger partial charge in [0.15, 0.2) is 0 Å². The Labute approximate surface area is 85.4 Å². The second-order valence-electron chi connectivity index (χ2n) is 3.05. The summed E-state index contributed by atoms with van der Waals surface area (Å²) >= 11 is 0. The lowest BCUT2D eigenvalue weighted by Crippen LogP contribution is -2.19. The van der Waals surface area contributed by atoms with Crippen LogP contribution in [0.4, 0.5) is 0 Å². The molecule has 0 aliphatic carbocycles. The zero-order valence-electron chi connectivity index (χ0n) is 8.62. The molecule has 0 aliphatic heterocycles. The minimum atomic E-state index is -0.338. The van der Waals surface area contributed by atoms with Gasteiger partial charge < -0.3 is 9.47 Å². The van der Waals surface area contributed by atoms with E-state index in [9.17, 15) is 9.59 Å². The van der Waals surface area contributed by atoms with Crippen molar-refractivity contribution in [3.8, 4) is 0 Å². The Morgan fingerprint density at radius 2 is 1.57 bits per heavy atom. The topological polar surface area (TPSA) is 52.6 Å². The molecule has 14 heavy (non-hydrogen) atoms. The van der Waals surface area contributed by atoms with Crippen LogP contribution in [0.3, 0.4) is 0 Å². The summed E-state index contributed by atoms with van der Waals surface area (Å²) < 4.78 is 9.61. The largest absolute Gasteiger partial charge is 0.465 e. The van der Waals surface area contributed by atoms with E-state index in [-0.39, 0.29) is 31.1 Å². The number of hydrogen-bond acceptors (Lipinski definition) is 4. The van der Waals surface area contributed by atoms with Crippen LogP contribution in [0.2, 0.25) is 6.32 Å². The maximum Gasteiger partial charge on any atom is 0.302 e. The van der Waals surface area contributed by atoms with E-state index < -0.39 is 0 Å². The molecule has 0 N–H and O–H groups in total. The molecule has 0 spiro atoms. The molecule has 0 rings (SSSR count). The molecule has 0 aliphatic rings. The number of esters is 2.